The van der Waals surface area contributed by atoms with Crippen LogP contribution < -0.4 is 9.62 Å². The van der Waals surface area contributed by atoms with Crippen LogP contribution in [0, 0.1) is 13.8 Å². The lowest BCUT2D eigenvalue weighted by Crippen LogP contribution is -2.38. The van der Waals surface area contributed by atoms with E-state index in [1.165, 1.54) is 30.3 Å². The van der Waals surface area contributed by atoms with E-state index in [0.29, 0.717) is 10.7 Å². The Morgan fingerprint density at radius 2 is 1.65 bits per heavy atom. The second-order valence-electron chi connectivity index (χ2n) is 7.55. The number of esters is 1. The number of carbonyl (C=O) groups is 2. The van der Waals surface area contributed by atoms with Gasteiger partial charge in [-0.15, -0.1) is 0 Å². The minimum absolute atomic E-state index is 0.00477. The number of para-hydroxylation sites is 1. The second-order valence-corrected chi connectivity index (χ2v) is 9.85. The molecule has 1 N–H and O–H groups in total. The van der Waals surface area contributed by atoms with Gasteiger partial charge in [-0.1, -0.05) is 29.8 Å². The first-order chi connectivity index (χ1) is 16.1. The molecule has 0 fully saturated rings. The van der Waals surface area contributed by atoms with Gasteiger partial charge in [-0.05, 0) is 80.4 Å². The lowest BCUT2D eigenvalue weighted by Gasteiger charge is -2.25. The van der Waals surface area contributed by atoms with Gasteiger partial charge in [0, 0.05) is 5.02 Å². The SMILES string of the molecule is CCOC(=O)c1ccccc1NC(=O)CN(c1ccc(C)c(C)c1)S(=O)(=O)c1ccc(Cl)cc1. The van der Waals surface area contributed by atoms with Gasteiger partial charge in [-0.25, -0.2) is 13.2 Å². The fourth-order valence-electron chi connectivity index (χ4n) is 3.23. The molecular formula is C25H25ClN2O5S. The van der Waals surface area contributed by atoms with Crippen molar-refractivity contribution in [1.29, 1.82) is 0 Å². The summed E-state index contributed by atoms with van der Waals surface area (Å²) in [5.74, 6) is -1.20. The number of halogens is 1. The molecule has 0 heterocycles. The standard InChI is InChI=1S/C25H25ClN2O5S/c1-4-33-25(30)22-7-5-6-8-23(22)27-24(29)16-28(20-12-9-17(2)18(3)15-20)34(31,32)21-13-10-19(26)11-14-21/h5-15H,4,16H2,1-3H3,(H,27,29). The molecule has 0 saturated carbocycles. The maximum atomic E-state index is 13.5. The van der Waals surface area contributed by atoms with E-state index in [2.05, 4.69) is 5.32 Å². The number of hydrogen-bond acceptors (Lipinski definition) is 5. The van der Waals surface area contributed by atoms with E-state index >= 15 is 0 Å². The third-order valence-electron chi connectivity index (χ3n) is 5.16. The summed E-state index contributed by atoms with van der Waals surface area (Å²) < 4.78 is 33.1. The highest BCUT2D eigenvalue weighted by Crippen LogP contribution is 2.27. The van der Waals surface area contributed by atoms with Gasteiger partial charge in [0.25, 0.3) is 10.0 Å². The Morgan fingerprint density at radius 1 is 0.971 bits per heavy atom. The van der Waals surface area contributed by atoms with Crippen LogP contribution in [0.25, 0.3) is 0 Å². The van der Waals surface area contributed by atoms with Gasteiger partial charge in [0.15, 0.2) is 0 Å². The Hall–Kier alpha value is -3.36. The van der Waals surface area contributed by atoms with Crippen LogP contribution in [0.1, 0.15) is 28.4 Å². The molecular weight excluding hydrogens is 476 g/mol. The van der Waals surface area contributed by atoms with Crippen molar-refractivity contribution < 1.29 is 22.7 Å². The molecule has 178 valence electrons. The van der Waals surface area contributed by atoms with Crippen LogP contribution in [0.15, 0.2) is 71.6 Å². The number of aryl methyl sites for hydroxylation is 2. The van der Waals surface area contributed by atoms with Crippen molar-refractivity contribution >= 4 is 44.9 Å². The molecule has 7 nitrogen and oxygen atoms in total. The number of carbonyl (C=O) groups excluding carboxylic acids is 2. The van der Waals surface area contributed by atoms with E-state index < -0.39 is 28.4 Å². The van der Waals surface area contributed by atoms with Crippen molar-refractivity contribution in [2.45, 2.75) is 25.7 Å². The van der Waals surface area contributed by atoms with E-state index in [9.17, 15) is 18.0 Å². The van der Waals surface area contributed by atoms with E-state index in [4.69, 9.17) is 16.3 Å². The van der Waals surface area contributed by atoms with Gasteiger partial charge >= 0.3 is 5.97 Å². The quantitative estimate of drug-likeness (QED) is 0.441. The summed E-state index contributed by atoms with van der Waals surface area (Å²) >= 11 is 5.92. The Kier molecular flexibility index (Phi) is 7.96. The zero-order chi connectivity index (χ0) is 24.9. The second kappa shape index (κ2) is 10.7. The monoisotopic (exact) mass is 500 g/mol. The number of ether oxygens (including phenoxy) is 1. The Morgan fingerprint density at radius 3 is 2.29 bits per heavy atom. The number of nitrogens with one attached hydrogen (secondary N) is 1. The van der Waals surface area contributed by atoms with Crippen LogP contribution in [0.3, 0.4) is 0 Å². The Bertz CT molecular complexity index is 1310. The predicted octanol–water partition coefficient (Wildman–Crippen LogP) is 4.97. The van der Waals surface area contributed by atoms with Crippen LogP contribution in [-0.4, -0.2) is 33.4 Å². The first kappa shape index (κ1) is 25.3. The first-order valence-corrected chi connectivity index (χ1v) is 12.4. The normalized spacial score (nSPS) is 11.1. The molecule has 0 saturated heterocycles. The molecule has 0 aromatic heterocycles. The molecule has 3 aromatic carbocycles. The van der Waals surface area contributed by atoms with Crippen molar-refractivity contribution in [3.63, 3.8) is 0 Å². The number of amides is 1. The molecule has 0 unspecified atom stereocenters. The summed E-state index contributed by atoms with van der Waals surface area (Å²) in [7, 11) is -4.10. The number of nitrogens with zero attached hydrogens (tertiary/aromatic N) is 1. The van der Waals surface area contributed by atoms with E-state index in [-0.39, 0.29) is 22.8 Å². The van der Waals surface area contributed by atoms with Gasteiger partial charge in [0.2, 0.25) is 5.91 Å². The fraction of sp³-hybridized carbons (Fsp3) is 0.200. The minimum Gasteiger partial charge on any atom is -0.462 e. The maximum absolute atomic E-state index is 13.5. The van der Waals surface area contributed by atoms with Crippen LogP contribution >= 0.6 is 11.6 Å². The molecule has 0 aliphatic carbocycles. The molecule has 1 amide bonds. The summed E-state index contributed by atoms with van der Waals surface area (Å²) in [5.41, 5.74) is 2.61. The third-order valence-corrected chi connectivity index (χ3v) is 7.20. The molecule has 34 heavy (non-hydrogen) atoms. The topological polar surface area (TPSA) is 92.8 Å². The first-order valence-electron chi connectivity index (χ1n) is 10.5. The smallest absolute Gasteiger partial charge is 0.340 e. The molecule has 0 spiro atoms. The molecule has 0 aliphatic rings. The van der Waals surface area contributed by atoms with Crippen LogP contribution in [0.2, 0.25) is 5.02 Å². The number of sulfonamides is 1. The minimum atomic E-state index is -4.10. The number of anilines is 2. The number of benzene rings is 3. The summed E-state index contributed by atoms with van der Waals surface area (Å²) in [5, 5.41) is 3.04. The molecule has 0 atom stereocenters. The Balaban J connectivity index is 1.97. The van der Waals surface area contributed by atoms with Crippen molar-refractivity contribution in [1.82, 2.24) is 0 Å². The number of hydrogen-bond donors (Lipinski definition) is 1. The van der Waals surface area contributed by atoms with Crippen molar-refractivity contribution in [3.05, 3.63) is 88.4 Å². The molecule has 0 aliphatic heterocycles. The average molecular weight is 501 g/mol. The van der Waals surface area contributed by atoms with E-state index in [1.54, 1.807) is 43.3 Å². The zero-order valence-corrected chi connectivity index (χ0v) is 20.6. The number of rotatable bonds is 8. The largest absolute Gasteiger partial charge is 0.462 e. The summed E-state index contributed by atoms with van der Waals surface area (Å²) in [6.07, 6.45) is 0. The molecule has 0 bridgehead atoms. The van der Waals surface area contributed by atoms with E-state index in [1.807, 2.05) is 13.8 Å². The summed E-state index contributed by atoms with van der Waals surface area (Å²) in [6, 6.07) is 17.3. The molecule has 3 aromatic rings. The lowest BCUT2D eigenvalue weighted by molar-refractivity contribution is -0.114. The van der Waals surface area contributed by atoms with Crippen LogP contribution in [0.5, 0.6) is 0 Å². The molecule has 3 rings (SSSR count). The van der Waals surface area contributed by atoms with Crippen molar-refractivity contribution in [3.8, 4) is 0 Å². The van der Waals surface area contributed by atoms with E-state index in [0.717, 1.165) is 15.4 Å². The average Bonchev–Trinajstić information content (AvgIpc) is 2.80. The highest BCUT2D eigenvalue weighted by molar-refractivity contribution is 7.92. The zero-order valence-electron chi connectivity index (χ0n) is 19.0. The van der Waals surface area contributed by atoms with Gasteiger partial charge in [0.05, 0.1) is 28.4 Å². The predicted molar refractivity (Wildman–Crippen MR) is 133 cm³/mol. The van der Waals surface area contributed by atoms with Crippen LogP contribution in [0.4, 0.5) is 11.4 Å². The van der Waals surface area contributed by atoms with Crippen molar-refractivity contribution in [2.75, 3.05) is 22.8 Å². The Labute approximate surface area is 204 Å². The van der Waals surface area contributed by atoms with Gasteiger partial charge in [-0.2, -0.15) is 0 Å². The van der Waals surface area contributed by atoms with Crippen molar-refractivity contribution in [2.24, 2.45) is 0 Å². The van der Waals surface area contributed by atoms with Crippen LogP contribution in [-0.2, 0) is 19.6 Å². The highest BCUT2D eigenvalue weighted by Gasteiger charge is 2.28. The lowest BCUT2D eigenvalue weighted by atomic mass is 10.1. The van der Waals surface area contributed by atoms with Gasteiger partial charge in [0.1, 0.15) is 6.54 Å². The fourth-order valence-corrected chi connectivity index (χ4v) is 4.77. The summed E-state index contributed by atoms with van der Waals surface area (Å²) in [4.78, 5) is 25.3. The third kappa shape index (κ3) is 5.76. The van der Waals surface area contributed by atoms with Gasteiger partial charge < -0.3 is 10.1 Å². The highest BCUT2D eigenvalue weighted by atomic mass is 35.5. The molecule has 0 radical (unpaired) electrons. The maximum Gasteiger partial charge on any atom is 0.340 e. The summed E-state index contributed by atoms with van der Waals surface area (Å²) in [6.45, 7) is 5.13. The molecule has 9 heteroatoms. The van der Waals surface area contributed by atoms with Gasteiger partial charge in [-0.3, -0.25) is 9.10 Å².